The Morgan fingerprint density at radius 1 is 1.26 bits per heavy atom. The third-order valence-corrected chi connectivity index (χ3v) is 6.18. The Balaban J connectivity index is 1.97. The van der Waals surface area contributed by atoms with Crippen molar-refractivity contribution in [2.24, 2.45) is 7.05 Å². The molecule has 3 aromatic rings. The van der Waals surface area contributed by atoms with Crippen molar-refractivity contribution in [3.05, 3.63) is 45.8 Å². The lowest BCUT2D eigenvalue weighted by Gasteiger charge is -2.14. The molecule has 0 radical (unpaired) electrons. The van der Waals surface area contributed by atoms with Gasteiger partial charge in [-0.3, -0.25) is 14.6 Å². The van der Waals surface area contributed by atoms with Crippen molar-refractivity contribution in [3.8, 4) is 0 Å². The van der Waals surface area contributed by atoms with Gasteiger partial charge in [0.1, 0.15) is 4.90 Å². The van der Waals surface area contributed by atoms with Crippen LogP contribution in [0.15, 0.2) is 28.0 Å². The van der Waals surface area contributed by atoms with Gasteiger partial charge in [0.05, 0.1) is 23.6 Å². The van der Waals surface area contributed by atoms with Crippen molar-refractivity contribution in [2.75, 3.05) is 0 Å². The lowest BCUT2D eigenvalue weighted by molar-refractivity contribution is 0.559. The van der Waals surface area contributed by atoms with Gasteiger partial charge in [0.15, 0.2) is 5.65 Å². The van der Waals surface area contributed by atoms with Crippen LogP contribution in [0.25, 0.3) is 5.65 Å². The molecule has 0 spiro atoms. The summed E-state index contributed by atoms with van der Waals surface area (Å²) in [6, 6.07) is 2.46. The quantitative estimate of drug-likeness (QED) is 0.697. The summed E-state index contributed by atoms with van der Waals surface area (Å²) in [6.07, 6.45) is 1.30. The van der Waals surface area contributed by atoms with Gasteiger partial charge < -0.3 is 0 Å². The van der Waals surface area contributed by atoms with Crippen LogP contribution in [0.3, 0.4) is 0 Å². The highest BCUT2D eigenvalue weighted by Gasteiger charge is 2.24. The summed E-state index contributed by atoms with van der Waals surface area (Å²) in [7, 11) is -2.12. The molecule has 146 valence electrons. The Kier molecular flexibility index (Phi) is 4.51. The molecule has 2 N–H and O–H groups in total. The Morgan fingerprint density at radius 3 is 2.48 bits per heavy atom. The van der Waals surface area contributed by atoms with E-state index in [1.165, 1.54) is 21.5 Å². The van der Waals surface area contributed by atoms with Crippen LogP contribution in [0.2, 0.25) is 0 Å². The summed E-state index contributed by atoms with van der Waals surface area (Å²) in [5.74, 6) is 0. The number of hydrogen-bond acceptors (Lipinski definition) is 5. The van der Waals surface area contributed by atoms with Gasteiger partial charge in [-0.15, -0.1) is 0 Å². The molecule has 0 aromatic carbocycles. The molecule has 0 fully saturated rings. The van der Waals surface area contributed by atoms with E-state index in [2.05, 4.69) is 19.9 Å². The third-order valence-electron chi connectivity index (χ3n) is 4.53. The van der Waals surface area contributed by atoms with Crippen LogP contribution < -0.4 is 10.3 Å². The number of aromatic amines is 1. The maximum Gasteiger partial charge on any atom is 0.272 e. The first kappa shape index (κ1) is 19.3. The van der Waals surface area contributed by atoms with E-state index >= 15 is 0 Å². The number of nitrogens with zero attached hydrogens (tertiary/aromatic N) is 4. The fourth-order valence-corrected chi connectivity index (χ4v) is 4.13. The lowest BCUT2D eigenvalue weighted by atomic mass is 9.93. The average Bonchev–Trinajstić information content (AvgIpc) is 3.11. The summed E-state index contributed by atoms with van der Waals surface area (Å²) in [5.41, 5.74) is 1.72. The second-order valence-electron chi connectivity index (χ2n) is 7.69. The molecule has 0 aliphatic heterocycles. The van der Waals surface area contributed by atoms with E-state index in [1.54, 1.807) is 27.0 Å². The summed E-state index contributed by atoms with van der Waals surface area (Å²) in [5, 5.41) is 7.01. The van der Waals surface area contributed by atoms with E-state index in [0.29, 0.717) is 17.0 Å². The van der Waals surface area contributed by atoms with Gasteiger partial charge in [-0.25, -0.2) is 22.6 Å². The molecule has 0 aliphatic carbocycles. The van der Waals surface area contributed by atoms with E-state index in [-0.39, 0.29) is 15.9 Å². The fourth-order valence-electron chi connectivity index (χ4n) is 2.71. The Bertz CT molecular complexity index is 1160. The highest BCUT2D eigenvalue weighted by atomic mass is 32.2. The van der Waals surface area contributed by atoms with Gasteiger partial charge in [0.25, 0.3) is 5.56 Å². The number of aromatic nitrogens is 5. The van der Waals surface area contributed by atoms with Crippen LogP contribution in [-0.2, 0) is 22.5 Å². The lowest BCUT2D eigenvalue weighted by Crippen LogP contribution is -2.29. The molecule has 0 saturated heterocycles. The van der Waals surface area contributed by atoms with Crippen molar-refractivity contribution < 1.29 is 8.42 Å². The first-order valence-corrected chi connectivity index (χ1v) is 10.0. The zero-order chi connectivity index (χ0) is 20.1. The number of rotatable bonds is 4. The van der Waals surface area contributed by atoms with E-state index in [1.807, 2.05) is 20.8 Å². The normalized spacial score (nSPS) is 14.0. The molecule has 3 heterocycles. The van der Waals surface area contributed by atoms with Crippen molar-refractivity contribution in [2.45, 2.75) is 51.0 Å². The second kappa shape index (κ2) is 6.31. The highest BCUT2D eigenvalue weighted by Crippen LogP contribution is 2.22. The third kappa shape index (κ3) is 3.54. The van der Waals surface area contributed by atoms with Gasteiger partial charge in [-0.2, -0.15) is 5.10 Å². The van der Waals surface area contributed by atoms with Crippen molar-refractivity contribution in [3.63, 3.8) is 0 Å². The first-order chi connectivity index (χ1) is 12.4. The molecule has 0 aliphatic rings. The van der Waals surface area contributed by atoms with Crippen LogP contribution in [0.4, 0.5) is 0 Å². The van der Waals surface area contributed by atoms with Crippen LogP contribution in [0, 0.1) is 6.92 Å². The number of fused-ring (bicyclic) bond motifs is 1. The average molecular weight is 392 g/mol. The fraction of sp³-hybridized carbons (Fsp3) is 0.471. The minimum atomic E-state index is -3.79. The SMILES string of the molecule is Cc1c(S(=O)(=O)N[C@H](C)c2cc(=O)n3[nH]c(C(C)(C)C)cc3n2)cnn1C. The molecule has 3 rings (SSSR count). The van der Waals surface area contributed by atoms with E-state index in [4.69, 9.17) is 0 Å². The predicted octanol–water partition coefficient (Wildman–Crippen LogP) is 1.40. The summed E-state index contributed by atoms with van der Waals surface area (Å²) in [4.78, 5) is 17.0. The van der Waals surface area contributed by atoms with Gasteiger partial charge in [0, 0.05) is 30.3 Å². The van der Waals surface area contributed by atoms with E-state index in [9.17, 15) is 13.2 Å². The predicted molar refractivity (Wildman–Crippen MR) is 101 cm³/mol. The maximum absolute atomic E-state index is 12.7. The zero-order valence-corrected chi connectivity index (χ0v) is 17.0. The molecule has 3 aromatic heterocycles. The minimum absolute atomic E-state index is 0.103. The van der Waals surface area contributed by atoms with Gasteiger partial charge in [-0.05, 0) is 13.8 Å². The molecule has 0 unspecified atom stereocenters. The topological polar surface area (TPSA) is 114 Å². The number of H-pyrrole nitrogens is 1. The Morgan fingerprint density at radius 2 is 1.93 bits per heavy atom. The Hall–Kier alpha value is -2.46. The molecular weight excluding hydrogens is 368 g/mol. The molecule has 9 nitrogen and oxygen atoms in total. The van der Waals surface area contributed by atoms with E-state index in [0.717, 1.165) is 5.69 Å². The van der Waals surface area contributed by atoms with Gasteiger partial charge >= 0.3 is 0 Å². The standard InChI is InChI=1S/C17H24N6O3S/c1-10(21-27(25,26)13-9-18-22(6)11(13)2)12-7-16(24)23-15(19-12)8-14(20-23)17(3,4)5/h7-10,20-21H,1-6H3/t10-/m1/s1. The molecule has 0 bridgehead atoms. The van der Waals surface area contributed by atoms with Crippen LogP contribution in [0.5, 0.6) is 0 Å². The Labute approximate surface area is 157 Å². The summed E-state index contributed by atoms with van der Waals surface area (Å²) < 4.78 is 30.7. The molecule has 1 atom stereocenters. The number of nitrogens with one attached hydrogen (secondary N) is 2. The smallest absolute Gasteiger partial charge is 0.272 e. The van der Waals surface area contributed by atoms with E-state index < -0.39 is 16.1 Å². The van der Waals surface area contributed by atoms with Crippen molar-refractivity contribution in [1.29, 1.82) is 0 Å². The number of aryl methyl sites for hydroxylation is 1. The zero-order valence-electron chi connectivity index (χ0n) is 16.2. The summed E-state index contributed by atoms with van der Waals surface area (Å²) in [6.45, 7) is 9.40. The molecule has 27 heavy (non-hydrogen) atoms. The minimum Gasteiger partial charge on any atom is -0.293 e. The number of hydrogen-bond donors (Lipinski definition) is 2. The van der Waals surface area contributed by atoms with Crippen LogP contribution in [0.1, 0.15) is 50.8 Å². The van der Waals surface area contributed by atoms with Gasteiger partial charge in [0.2, 0.25) is 10.0 Å². The largest absolute Gasteiger partial charge is 0.293 e. The molecular formula is C17H24N6O3S. The molecule has 0 saturated carbocycles. The first-order valence-electron chi connectivity index (χ1n) is 8.54. The molecule has 0 amide bonds. The maximum atomic E-state index is 12.7. The second-order valence-corrected chi connectivity index (χ2v) is 9.38. The monoisotopic (exact) mass is 392 g/mol. The van der Waals surface area contributed by atoms with Crippen LogP contribution in [-0.4, -0.2) is 32.8 Å². The van der Waals surface area contributed by atoms with Crippen LogP contribution >= 0.6 is 0 Å². The van der Waals surface area contributed by atoms with Crippen molar-refractivity contribution >= 4 is 15.7 Å². The van der Waals surface area contributed by atoms with Crippen molar-refractivity contribution in [1.82, 2.24) is 29.1 Å². The highest BCUT2D eigenvalue weighted by molar-refractivity contribution is 7.89. The number of sulfonamides is 1. The molecule has 10 heteroatoms. The van der Waals surface area contributed by atoms with Gasteiger partial charge in [-0.1, -0.05) is 20.8 Å². The summed E-state index contributed by atoms with van der Waals surface area (Å²) >= 11 is 0.